The number of carboxylic acids is 1. The fourth-order valence-corrected chi connectivity index (χ4v) is 3.15. The zero-order chi connectivity index (χ0) is 15.5. The van der Waals surface area contributed by atoms with E-state index in [0.29, 0.717) is 51.2 Å². The van der Waals surface area contributed by atoms with Gasteiger partial charge in [-0.15, -0.1) is 0 Å². The second-order valence-corrected chi connectivity index (χ2v) is 6.73. The molecule has 1 saturated heterocycles. The quantitative estimate of drug-likeness (QED) is 0.735. The van der Waals surface area contributed by atoms with Gasteiger partial charge in [0.15, 0.2) is 0 Å². The summed E-state index contributed by atoms with van der Waals surface area (Å²) in [7, 11) is 0. The Bertz CT molecular complexity index is 379. The number of piperidine rings is 1. The SMILES string of the molecule is CC1(O)CCN(C(=O)NCC2CCC(C(=O)O)CC2)CC1. The van der Waals surface area contributed by atoms with Crippen molar-refractivity contribution in [1.82, 2.24) is 10.2 Å². The average Bonchev–Trinajstić information content (AvgIpc) is 2.45. The normalized spacial score (nSPS) is 29.0. The number of carboxylic acid groups (broad SMARTS) is 1. The summed E-state index contributed by atoms with van der Waals surface area (Å²) in [4.78, 5) is 24.7. The number of carbonyl (C=O) groups excluding carboxylic acids is 1. The van der Waals surface area contributed by atoms with Crippen LogP contribution in [-0.2, 0) is 4.79 Å². The lowest BCUT2D eigenvalue weighted by molar-refractivity contribution is -0.143. The first kappa shape index (κ1) is 16.1. The van der Waals surface area contributed by atoms with Gasteiger partial charge in [-0.1, -0.05) is 0 Å². The van der Waals surface area contributed by atoms with Crippen LogP contribution in [0.3, 0.4) is 0 Å². The zero-order valence-corrected chi connectivity index (χ0v) is 12.7. The first-order valence-electron chi connectivity index (χ1n) is 7.85. The van der Waals surface area contributed by atoms with Crippen molar-refractivity contribution in [2.45, 2.75) is 51.0 Å². The van der Waals surface area contributed by atoms with E-state index in [1.54, 1.807) is 4.90 Å². The van der Waals surface area contributed by atoms with Crippen molar-refractivity contribution in [3.63, 3.8) is 0 Å². The van der Waals surface area contributed by atoms with E-state index in [1.165, 1.54) is 0 Å². The Hall–Kier alpha value is -1.30. The molecule has 0 bridgehead atoms. The van der Waals surface area contributed by atoms with Gasteiger partial charge >= 0.3 is 12.0 Å². The molecule has 120 valence electrons. The van der Waals surface area contributed by atoms with Gasteiger partial charge in [0.1, 0.15) is 0 Å². The van der Waals surface area contributed by atoms with Crippen LogP contribution >= 0.6 is 0 Å². The molecule has 2 rings (SSSR count). The van der Waals surface area contributed by atoms with Crippen molar-refractivity contribution in [2.24, 2.45) is 11.8 Å². The highest BCUT2D eigenvalue weighted by atomic mass is 16.4. The highest BCUT2D eigenvalue weighted by Crippen LogP contribution is 2.28. The Morgan fingerprint density at radius 1 is 1.19 bits per heavy atom. The molecule has 2 aliphatic rings. The zero-order valence-electron chi connectivity index (χ0n) is 12.7. The lowest BCUT2D eigenvalue weighted by Crippen LogP contribution is -2.49. The predicted molar refractivity (Wildman–Crippen MR) is 77.9 cm³/mol. The monoisotopic (exact) mass is 298 g/mol. The largest absolute Gasteiger partial charge is 0.481 e. The summed E-state index contributed by atoms with van der Waals surface area (Å²) in [5, 5.41) is 21.8. The number of aliphatic hydroxyl groups is 1. The number of urea groups is 1. The van der Waals surface area contributed by atoms with E-state index in [9.17, 15) is 14.7 Å². The molecule has 0 aromatic carbocycles. The van der Waals surface area contributed by atoms with Crippen LogP contribution in [-0.4, -0.2) is 52.3 Å². The van der Waals surface area contributed by atoms with Crippen molar-refractivity contribution < 1.29 is 19.8 Å². The highest BCUT2D eigenvalue weighted by molar-refractivity contribution is 5.74. The molecular formula is C15H26N2O4. The first-order chi connectivity index (χ1) is 9.87. The van der Waals surface area contributed by atoms with Gasteiger partial charge in [0.05, 0.1) is 11.5 Å². The number of nitrogens with one attached hydrogen (secondary N) is 1. The second-order valence-electron chi connectivity index (χ2n) is 6.73. The van der Waals surface area contributed by atoms with Crippen molar-refractivity contribution in [1.29, 1.82) is 0 Å². The van der Waals surface area contributed by atoms with Gasteiger partial charge in [0.25, 0.3) is 0 Å². The van der Waals surface area contributed by atoms with Gasteiger partial charge in [0, 0.05) is 19.6 Å². The van der Waals surface area contributed by atoms with Gasteiger partial charge in [-0.2, -0.15) is 0 Å². The predicted octanol–water partition coefficient (Wildman–Crippen LogP) is 1.43. The highest BCUT2D eigenvalue weighted by Gasteiger charge is 2.30. The molecule has 0 aromatic rings. The maximum absolute atomic E-state index is 12.1. The average molecular weight is 298 g/mol. The van der Waals surface area contributed by atoms with Crippen molar-refractivity contribution in [3.05, 3.63) is 0 Å². The van der Waals surface area contributed by atoms with E-state index >= 15 is 0 Å². The Morgan fingerprint density at radius 2 is 1.76 bits per heavy atom. The number of hydrogen-bond acceptors (Lipinski definition) is 3. The van der Waals surface area contributed by atoms with Crippen LogP contribution in [0.4, 0.5) is 4.79 Å². The van der Waals surface area contributed by atoms with E-state index < -0.39 is 11.6 Å². The third kappa shape index (κ3) is 4.59. The molecule has 0 aromatic heterocycles. The van der Waals surface area contributed by atoms with Crippen LogP contribution in [0.5, 0.6) is 0 Å². The summed E-state index contributed by atoms with van der Waals surface area (Å²) >= 11 is 0. The van der Waals surface area contributed by atoms with Crippen molar-refractivity contribution >= 4 is 12.0 Å². The van der Waals surface area contributed by atoms with Crippen LogP contribution in [0, 0.1) is 11.8 Å². The van der Waals surface area contributed by atoms with Crippen molar-refractivity contribution in [2.75, 3.05) is 19.6 Å². The number of carbonyl (C=O) groups is 2. The molecule has 6 nitrogen and oxygen atoms in total. The molecule has 1 aliphatic heterocycles. The summed E-state index contributed by atoms with van der Waals surface area (Å²) in [5.74, 6) is -0.517. The summed E-state index contributed by atoms with van der Waals surface area (Å²) in [5.41, 5.74) is -0.647. The lowest BCUT2D eigenvalue weighted by atomic mass is 9.82. The standard InChI is InChI=1S/C15H26N2O4/c1-15(21)6-8-17(9-7-15)14(20)16-10-11-2-4-12(5-3-11)13(18)19/h11-12,21H,2-10H2,1H3,(H,16,20)(H,18,19). The number of aliphatic carboxylic acids is 1. The number of hydrogen-bond donors (Lipinski definition) is 3. The van der Waals surface area contributed by atoms with E-state index in [4.69, 9.17) is 5.11 Å². The van der Waals surface area contributed by atoms with E-state index in [1.807, 2.05) is 6.92 Å². The molecule has 21 heavy (non-hydrogen) atoms. The molecule has 0 radical (unpaired) electrons. The minimum absolute atomic E-state index is 0.0640. The summed E-state index contributed by atoms with van der Waals surface area (Å²) in [6.07, 6.45) is 4.39. The smallest absolute Gasteiger partial charge is 0.317 e. The Kier molecular flexibility index (Phi) is 5.08. The molecule has 1 saturated carbocycles. The van der Waals surface area contributed by atoms with Crippen LogP contribution in [0.2, 0.25) is 0 Å². The number of nitrogens with zero attached hydrogens (tertiary/aromatic N) is 1. The molecule has 2 amide bonds. The Balaban J connectivity index is 1.67. The van der Waals surface area contributed by atoms with Crippen LogP contribution < -0.4 is 5.32 Å². The minimum atomic E-state index is -0.696. The lowest BCUT2D eigenvalue weighted by Gasteiger charge is -2.36. The molecule has 0 unspecified atom stereocenters. The Labute approximate surface area is 125 Å². The van der Waals surface area contributed by atoms with Gasteiger partial charge in [0.2, 0.25) is 0 Å². The molecule has 2 fully saturated rings. The van der Waals surface area contributed by atoms with E-state index in [2.05, 4.69) is 5.32 Å². The molecule has 6 heteroatoms. The minimum Gasteiger partial charge on any atom is -0.481 e. The second kappa shape index (κ2) is 6.64. The number of amides is 2. The number of likely N-dealkylation sites (tertiary alicyclic amines) is 1. The summed E-state index contributed by atoms with van der Waals surface area (Å²) < 4.78 is 0. The maximum Gasteiger partial charge on any atom is 0.317 e. The molecular weight excluding hydrogens is 272 g/mol. The van der Waals surface area contributed by atoms with Gasteiger partial charge in [-0.25, -0.2) is 4.79 Å². The maximum atomic E-state index is 12.1. The molecule has 0 spiro atoms. The van der Waals surface area contributed by atoms with Gasteiger partial charge in [-0.05, 0) is 51.4 Å². The van der Waals surface area contributed by atoms with E-state index in [0.717, 1.165) is 12.8 Å². The van der Waals surface area contributed by atoms with Crippen LogP contribution in [0.1, 0.15) is 45.4 Å². The van der Waals surface area contributed by atoms with Gasteiger partial charge in [-0.3, -0.25) is 4.79 Å². The van der Waals surface area contributed by atoms with Crippen LogP contribution in [0.25, 0.3) is 0 Å². The number of rotatable bonds is 3. The first-order valence-corrected chi connectivity index (χ1v) is 7.85. The topological polar surface area (TPSA) is 89.9 Å². The third-order valence-electron chi connectivity index (χ3n) is 4.87. The molecule has 1 heterocycles. The third-order valence-corrected chi connectivity index (χ3v) is 4.87. The fourth-order valence-electron chi connectivity index (χ4n) is 3.15. The van der Waals surface area contributed by atoms with E-state index in [-0.39, 0.29) is 11.9 Å². The van der Waals surface area contributed by atoms with Crippen LogP contribution in [0.15, 0.2) is 0 Å². The Morgan fingerprint density at radius 3 is 2.29 bits per heavy atom. The summed E-state index contributed by atoms with van der Waals surface area (Å²) in [6.45, 7) is 3.61. The fraction of sp³-hybridized carbons (Fsp3) is 0.867. The van der Waals surface area contributed by atoms with Gasteiger partial charge < -0.3 is 20.4 Å². The van der Waals surface area contributed by atoms with Crippen molar-refractivity contribution in [3.8, 4) is 0 Å². The molecule has 0 atom stereocenters. The molecule has 1 aliphatic carbocycles. The molecule has 3 N–H and O–H groups in total. The summed E-state index contributed by atoms with van der Waals surface area (Å²) in [6, 6.07) is -0.0640.